The maximum atomic E-state index is 5.46. The first-order valence-electron chi connectivity index (χ1n) is 7.05. The molecule has 0 atom stereocenters. The quantitative estimate of drug-likeness (QED) is 0.746. The lowest BCUT2D eigenvalue weighted by molar-refractivity contribution is 0.653. The van der Waals surface area contributed by atoms with Crippen molar-refractivity contribution in [3.63, 3.8) is 0 Å². The topological polar surface area (TPSA) is 53.6 Å². The third kappa shape index (κ3) is 4.33. The van der Waals surface area contributed by atoms with Crippen molar-refractivity contribution in [2.24, 2.45) is 10.7 Å². The van der Waals surface area contributed by atoms with E-state index >= 15 is 0 Å². The summed E-state index contributed by atoms with van der Waals surface area (Å²) in [5.74, 6) is 0. The van der Waals surface area contributed by atoms with Crippen LogP contribution >= 0.6 is 0 Å². The number of hydrogen-bond acceptors (Lipinski definition) is 4. The first-order valence-corrected chi connectivity index (χ1v) is 7.05. The lowest BCUT2D eigenvalue weighted by atomic mass is 10.1. The number of allylic oxidation sites excluding steroid dienone is 1. The molecule has 1 aromatic rings. The molecule has 1 heterocycles. The zero-order chi connectivity index (χ0) is 14.0. The molecule has 0 bridgehead atoms. The lowest BCUT2D eigenvalue weighted by Gasteiger charge is -2.19. The van der Waals surface area contributed by atoms with Crippen molar-refractivity contribution < 1.29 is 0 Å². The van der Waals surface area contributed by atoms with Crippen LogP contribution in [0.3, 0.4) is 0 Å². The third-order valence-corrected chi connectivity index (χ3v) is 3.12. The number of nitrogens with zero attached hydrogens (tertiary/aromatic N) is 2. The molecule has 1 aliphatic heterocycles. The smallest absolute Gasteiger partial charge is 0.0481 e. The molecule has 0 aromatic heterocycles. The van der Waals surface area contributed by atoms with Gasteiger partial charge in [-0.2, -0.15) is 0 Å². The van der Waals surface area contributed by atoms with Crippen LogP contribution < -0.4 is 16.0 Å². The van der Waals surface area contributed by atoms with Gasteiger partial charge < -0.3 is 16.0 Å². The Bertz CT molecular complexity index is 475. The molecular weight excluding hydrogens is 248 g/mol. The van der Waals surface area contributed by atoms with Gasteiger partial charge in [0.1, 0.15) is 0 Å². The Morgan fingerprint density at radius 2 is 2.05 bits per heavy atom. The summed E-state index contributed by atoms with van der Waals surface area (Å²) in [5.41, 5.74) is 8.02. The lowest BCUT2D eigenvalue weighted by Crippen LogP contribution is -2.23. The van der Waals surface area contributed by atoms with Gasteiger partial charge in [0.2, 0.25) is 0 Å². The second-order valence-corrected chi connectivity index (χ2v) is 4.62. The minimum atomic E-state index is 0.694. The predicted octanol–water partition coefficient (Wildman–Crippen LogP) is 2.04. The molecule has 4 heteroatoms. The van der Waals surface area contributed by atoms with E-state index in [0.717, 1.165) is 25.9 Å². The molecule has 0 fully saturated rings. The van der Waals surface area contributed by atoms with E-state index < -0.39 is 0 Å². The molecule has 0 unspecified atom stereocenters. The summed E-state index contributed by atoms with van der Waals surface area (Å²) >= 11 is 0. The van der Waals surface area contributed by atoms with Crippen LogP contribution in [-0.4, -0.2) is 25.8 Å². The molecule has 1 aromatic carbocycles. The van der Waals surface area contributed by atoms with Crippen LogP contribution in [0.25, 0.3) is 0 Å². The number of aliphatic imine (C=N–C) groups is 1. The van der Waals surface area contributed by atoms with Gasteiger partial charge in [-0.1, -0.05) is 18.2 Å². The SMILES string of the molecule is NCCNCCCc1ccccc1N1C=CC=NC=C1. The first-order chi connectivity index (χ1) is 9.92. The highest BCUT2D eigenvalue weighted by molar-refractivity contribution is 5.74. The zero-order valence-corrected chi connectivity index (χ0v) is 11.7. The van der Waals surface area contributed by atoms with E-state index in [4.69, 9.17) is 5.73 Å². The average Bonchev–Trinajstić information content (AvgIpc) is 2.76. The number of aryl methyl sites for hydroxylation is 1. The zero-order valence-electron chi connectivity index (χ0n) is 11.7. The van der Waals surface area contributed by atoms with Crippen LogP contribution in [0.15, 0.2) is 53.9 Å². The molecule has 0 saturated carbocycles. The van der Waals surface area contributed by atoms with Crippen molar-refractivity contribution >= 4 is 11.9 Å². The molecular formula is C16H22N4. The van der Waals surface area contributed by atoms with Crippen LogP contribution in [0.1, 0.15) is 12.0 Å². The van der Waals surface area contributed by atoms with Gasteiger partial charge in [0.15, 0.2) is 0 Å². The maximum Gasteiger partial charge on any atom is 0.0481 e. The molecule has 106 valence electrons. The molecule has 0 amide bonds. The first kappa shape index (κ1) is 14.5. The number of hydrogen-bond donors (Lipinski definition) is 2. The highest BCUT2D eigenvalue weighted by atomic mass is 15.1. The minimum Gasteiger partial charge on any atom is -0.329 e. The molecule has 3 N–H and O–H groups in total. The van der Waals surface area contributed by atoms with Gasteiger partial charge in [-0.15, -0.1) is 0 Å². The molecule has 20 heavy (non-hydrogen) atoms. The Balaban J connectivity index is 1.99. The second-order valence-electron chi connectivity index (χ2n) is 4.62. The summed E-state index contributed by atoms with van der Waals surface area (Å²) in [6, 6.07) is 8.49. The van der Waals surface area contributed by atoms with Crippen LogP contribution in [0.4, 0.5) is 5.69 Å². The largest absolute Gasteiger partial charge is 0.329 e. The van der Waals surface area contributed by atoms with Crippen LogP contribution in [0.2, 0.25) is 0 Å². The Morgan fingerprint density at radius 1 is 1.15 bits per heavy atom. The van der Waals surface area contributed by atoms with Gasteiger partial charge in [-0.3, -0.25) is 4.99 Å². The van der Waals surface area contributed by atoms with E-state index in [0.29, 0.717) is 6.54 Å². The molecule has 0 saturated heterocycles. The second kappa shape index (κ2) is 8.30. The predicted molar refractivity (Wildman–Crippen MR) is 85.9 cm³/mol. The Hall–Kier alpha value is -1.91. The van der Waals surface area contributed by atoms with Gasteiger partial charge >= 0.3 is 0 Å². The Morgan fingerprint density at radius 3 is 2.95 bits per heavy atom. The standard InChI is InChI=1S/C16H22N4/c17-8-11-18-9-3-6-15-5-1-2-7-16(15)20-13-4-10-19-12-14-20/h1-2,4-5,7,10,12-14,18H,3,6,8-9,11,17H2. The van der Waals surface area contributed by atoms with Crippen LogP contribution in [-0.2, 0) is 6.42 Å². The van der Waals surface area contributed by atoms with Crippen molar-refractivity contribution in [1.82, 2.24) is 5.32 Å². The van der Waals surface area contributed by atoms with E-state index in [9.17, 15) is 0 Å². The molecule has 4 nitrogen and oxygen atoms in total. The van der Waals surface area contributed by atoms with Crippen molar-refractivity contribution in [3.05, 3.63) is 54.5 Å². The molecule has 2 rings (SSSR count). The fourth-order valence-corrected chi connectivity index (χ4v) is 2.16. The number of para-hydroxylation sites is 1. The molecule has 0 spiro atoms. The Labute approximate surface area is 120 Å². The normalized spacial score (nSPS) is 13.8. The number of nitrogens with one attached hydrogen (secondary N) is 1. The van der Waals surface area contributed by atoms with E-state index in [2.05, 4.69) is 39.5 Å². The number of nitrogens with two attached hydrogens (primary N) is 1. The number of benzene rings is 1. The van der Waals surface area contributed by atoms with Crippen molar-refractivity contribution in [3.8, 4) is 0 Å². The van der Waals surface area contributed by atoms with Gasteiger partial charge in [-0.25, -0.2) is 0 Å². The van der Waals surface area contributed by atoms with Crippen LogP contribution in [0.5, 0.6) is 0 Å². The minimum absolute atomic E-state index is 0.694. The van der Waals surface area contributed by atoms with Gasteiger partial charge in [0.25, 0.3) is 0 Å². The summed E-state index contributed by atoms with van der Waals surface area (Å²) in [6.07, 6.45) is 11.7. The highest BCUT2D eigenvalue weighted by Crippen LogP contribution is 2.23. The van der Waals surface area contributed by atoms with Gasteiger partial charge in [0, 0.05) is 43.6 Å². The molecule has 0 aliphatic carbocycles. The summed E-state index contributed by atoms with van der Waals surface area (Å²) in [4.78, 5) is 6.22. The van der Waals surface area contributed by atoms with Crippen molar-refractivity contribution in [2.45, 2.75) is 12.8 Å². The van der Waals surface area contributed by atoms with E-state index in [1.807, 2.05) is 18.5 Å². The van der Waals surface area contributed by atoms with Gasteiger partial charge in [-0.05, 0) is 37.1 Å². The van der Waals surface area contributed by atoms with Crippen LogP contribution in [0, 0.1) is 0 Å². The average molecular weight is 270 g/mol. The third-order valence-electron chi connectivity index (χ3n) is 3.12. The fourth-order valence-electron chi connectivity index (χ4n) is 2.16. The molecule has 1 aliphatic rings. The summed E-state index contributed by atoms with van der Waals surface area (Å²) < 4.78 is 0. The molecule has 0 radical (unpaired) electrons. The monoisotopic (exact) mass is 270 g/mol. The summed E-state index contributed by atoms with van der Waals surface area (Å²) in [5, 5.41) is 3.33. The van der Waals surface area contributed by atoms with Crippen molar-refractivity contribution in [1.29, 1.82) is 0 Å². The van der Waals surface area contributed by atoms with E-state index in [1.54, 1.807) is 12.4 Å². The summed E-state index contributed by atoms with van der Waals surface area (Å²) in [6.45, 7) is 2.58. The van der Waals surface area contributed by atoms with E-state index in [1.165, 1.54) is 11.3 Å². The van der Waals surface area contributed by atoms with E-state index in [-0.39, 0.29) is 0 Å². The maximum absolute atomic E-state index is 5.46. The van der Waals surface area contributed by atoms with Crippen molar-refractivity contribution in [2.75, 3.05) is 24.5 Å². The number of rotatable bonds is 7. The summed E-state index contributed by atoms with van der Waals surface area (Å²) in [7, 11) is 0. The number of anilines is 1. The highest BCUT2D eigenvalue weighted by Gasteiger charge is 2.06. The Kier molecular flexibility index (Phi) is 6.02. The fraction of sp³-hybridized carbons (Fsp3) is 0.312. The van der Waals surface area contributed by atoms with Gasteiger partial charge in [0.05, 0.1) is 0 Å².